The monoisotopic (exact) mass is 220 g/mol. The number of ketones is 1. The van der Waals surface area contributed by atoms with Gasteiger partial charge in [-0.15, -0.1) is 6.58 Å². The van der Waals surface area contributed by atoms with Crippen molar-refractivity contribution in [1.82, 2.24) is 0 Å². The molecule has 1 saturated carbocycles. The Morgan fingerprint density at radius 3 is 3.12 bits per heavy atom. The first kappa shape index (κ1) is 11.1. The lowest BCUT2D eigenvalue weighted by atomic mass is 9.66. The van der Waals surface area contributed by atoms with Crippen LogP contribution in [0.4, 0.5) is 0 Å². The predicted octanol–water partition coefficient (Wildman–Crippen LogP) is 1.89. The zero-order chi connectivity index (χ0) is 11.5. The highest BCUT2D eigenvalue weighted by Crippen LogP contribution is 2.45. The summed E-state index contributed by atoms with van der Waals surface area (Å²) in [5.74, 6) is 0.910. The van der Waals surface area contributed by atoms with E-state index in [-0.39, 0.29) is 17.7 Å². The average Bonchev–Trinajstić information content (AvgIpc) is 2.51. The smallest absolute Gasteiger partial charge is 0.306 e. The third-order valence-electron chi connectivity index (χ3n) is 3.42. The van der Waals surface area contributed by atoms with Gasteiger partial charge < -0.3 is 4.74 Å². The van der Waals surface area contributed by atoms with Crippen LogP contribution < -0.4 is 0 Å². The van der Waals surface area contributed by atoms with Crippen LogP contribution in [0.5, 0.6) is 0 Å². The van der Waals surface area contributed by atoms with E-state index >= 15 is 0 Å². The number of hydrogen-bond acceptors (Lipinski definition) is 3. The van der Waals surface area contributed by atoms with E-state index in [0.717, 1.165) is 6.42 Å². The van der Waals surface area contributed by atoms with E-state index in [1.165, 1.54) is 0 Å². The van der Waals surface area contributed by atoms with Gasteiger partial charge in [-0.2, -0.15) is 0 Å². The van der Waals surface area contributed by atoms with Crippen LogP contribution in [0.15, 0.2) is 24.8 Å². The molecule has 2 aliphatic rings. The van der Waals surface area contributed by atoms with E-state index in [1.54, 1.807) is 12.2 Å². The molecule has 0 N–H and O–H groups in total. The van der Waals surface area contributed by atoms with Gasteiger partial charge in [0, 0.05) is 18.3 Å². The average molecular weight is 220 g/mol. The van der Waals surface area contributed by atoms with E-state index in [2.05, 4.69) is 6.58 Å². The van der Waals surface area contributed by atoms with Crippen molar-refractivity contribution in [2.75, 3.05) is 6.61 Å². The molecule has 0 saturated heterocycles. The van der Waals surface area contributed by atoms with Gasteiger partial charge in [-0.1, -0.05) is 12.2 Å². The van der Waals surface area contributed by atoms with Crippen LogP contribution >= 0.6 is 0 Å². The molecule has 0 unspecified atom stereocenters. The summed E-state index contributed by atoms with van der Waals surface area (Å²) in [7, 11) is 0. The number of fused-ring (bicyclic) bond motifs is 1. The molecule has 3 atom stereocenters. The topological polar surface area (TPSA) is 43.4 Å². The molecule has 3 heteroatoms. The number of carbonyl (C=O) groups excluding carboxylic acids is 2. The summed E-state index contributed by atoms with van der Waals surface area (Å²) in [4.78, 5) is 22.5. The van der Waals surface area contributed by atoms with Crippen molar-refractivity contribution < 1.29 is 14.3 Å². The first-order valence-electron chi connectivity index (χ1n) is 5.71. The van der Waals surface area contributed by atoms with E-state index in [0.29, 0.717) is 31.3 Å². The molecule has 0 aromatic rings. The minimum absolute atomic E-state index is 0.170. The first-order chi connectivity index (χ1) is 7.72. The van der Waals surface area contributed by atoms with E-state index in [1.807, 2.05) is 6.08 Å². The zero-order valence-electron chi connectivity index (χ0n) is 9.22. The maximum atomic E-state index is 11.3. The Morgan fingerprint density at radius 2 is 2.44 bits per heavy atom. The molecule has 2 aliphatic carbocycles. The van der Waals surface area contributed by atoms with Crippen LogP contribution in [-0.4, -0.2) is 18.4 Å². The highest BCUT2D eigenvalue weighted by atomic mass is 16.5. The van der Waals surface area contributed by atoms with Crippen molar-refractivity contribution in [3.8, 4) is 0 Å². The summed E-state index contributed by atoms with van der Waals surface area (Å²) in [6.07, 6.45) is 7.25. The zero-order valence-corrected chi connectivity index (χ0v) is 9.22. The minimum atomic E-state index is -0.170. The van der Waals surface area contributed by atoms with Crippen LogP contribution in [0.1, 0.15) is 19.3 Å². The minimum Gasteiger partial charge on any atom is -0.465 e. The molecule has 3 nitrogen and oxygen atoms in total. The molecule has 0 bridgehead atoms. The summed E-state index contributed by atoms with van der Waals surface area (Å²) in [5, 5.41) is 0. The van der Waals surface area contributed by atoms with Gasteiger partial charge in [0.2, 0.25) is 0 Å². The number of esters is 1. The normalized spacial score (nSPS) is 30.8. The van der Waals surface area contributed by atoms with Gasteiger partial charge in [0.05, 0.1) is 6.61 Å². The summed E-state index contributed by atoms with van der Waals surface area (Å²) in [6.45, 7) is 4.01. The Hall–Kier alpha value is -1.38. The molecule has 0 amide bonds. The first-order valence-corrected chi connectivity index (χ1v) is 5.71. The van der Waals surface area contributed by atoms with E-state index in [4.69, 9.17) is 4.74 Å². The molecule has 0 radical (unpaired) electrons. The molecule has 0 spiro atoms. The van der Waals surface area contributed by atoms with Crippen LogP contribution in [-0.2, 0) is 14.3 Å². The largest absolute Gasteiger partial charge is 0.465 e. The summed E-state index contributed by atoms with van der Waals surface area (Å²) >= 11 is 0. The second-order valence-corrected chi connectivity index (χ2v) is 4.45. The van der Waals surface area contributed by atoms with Crippen molar-refractivity contribution in [3.05, 3.63) is 24.8 Å². The highest BCUT2D eigenvalue weighted by Gasteiger charge is 2.46. The lowest BCUT2D eigenvalue weighted by Crippen LogP contribution is -2.39. The molecule has 0 aromatic carbocycles. The molecule has 2 rings (SSSR count). The Morgan fingerprint density at radius 1 is 1.62 bits per heavy atom. The third kappa shape index (κ3) is 2.08. The molecule has 0 aromatic heterocycles. The quantitative estimate of drug-likeness (QED) is 0.525. The fourth-order valence-corrected chi connectivity index (χ4v) is 2.37. The van der Waals surface area contributed by atoms with Crippen LogP contribution in [0.2, 0.25) is 0 Å². The van der Waals surface area contributed by atoms with Gasteiger partial charge in [-0.3, -0.25) is 9.59 Å². The third-order valence-corrected chi connectivity index (χ3v) is 3.42. The number of allylic oxidation sites excluding steroid dienone is 3. The highest BCUT2D eigenvalue weighted by molar-refractivity contribution is 5.95. The molecule has 0 aliphatic heterocycles. The predicted molar refractivity (Wildman–Crippen MR) is 59.6 cm³/mol. The number of ether oxygens (including phenoxy) is 1. The second kappa shape index (κ2) is 4.64. The fraction of sp³-hybridized carbons (Fsp3) is 0.538. The van der Waals surface area contributed by atoms with Crippen LogP contribution in [0, 0.1) is 17.8 Å². The van der Waals surface area contributed by atoms with Crippen molar-refractivity contribution in [2.45, 2.75) is 19.3 Å². The molecular weight excluding hydrogens is 204 g/mol. The Labute approximate surface area is 95.2 Å². The number of hydrogen-bond donors (Lipinski definition) is 0. The van der Waals surface area contributed by atoms with Crippen molar-refractivity contribution in [2.24, 2.45) is 17.8 Å². The Balaban J connectivity index is 1.69. The summed E-state index contributed by atoms with van der Waals surface area (Å²) < 4.78 is 5.16. The molecule has 86 valence electrons. The van der Waals surface area contributed by atoms with Crippen LogP contribution in [0.3, 0.4) is 0 Å². The molecule has 0 heterocycles. The van der Waals surface area contributed by atoms with Gasteiger partial charge in [-0.05, 0) is 24.8 Å². The van der Waals surface area contributed by atoms with Crippen LogP contribution in [0.25, 0.3) is 0 Å². The maximum Gasteiger partial charge on any atom is 0.306 e. The van der Waals surface area contributed by atoms with Gasteiger partial charge >= 0.3 is 5.97 Å². The number of rotatable bonds is 5. The van der Waals surface area contributed by atoms with Crippen molar-refractivity contribution in [3.63, 3.8) is 0 Å². The lowest BCUT2D eigenvalue weighted by Gasteiger charge is -2.38. The lowest BCUT2D eigenvalue weighted by molar-refractivity contribution is -0.147. The van der Waals surface area contributed by atoms with Gasteiger partial charge in [0.1, 0.15) is 0 Å². The Kier molecular flexibility index (Phi) is 3.22. The maximum absolute atomic E-state index is 11.3. The summed E-state index contributed by atoms with van der Waals surface area (Å²) in [5.41, 5.74) is 0. The molecular formula is C13H16O3. The fourth-order valence-electron chi connectivity index (χ4n) is 2.37. The second-order valence-electron chi connectivity index (χ2n) is 4.45. The summed E-state index contributed by atoms with van der Waals surface area (Å²) in [6, 6.07) is 0. The van der Waals surface area contributed by atoms with Crippen molar-refractivity contribution >= 4 is 11.8 Å². The standard InChI is InChI=1S/C13H16O3/c1-2-3-4-13(15)16-8-9-7-11-10(9)5-6-12(11)14/h2,5-6,9-11H,1,3-4,7-8H2/t9-,10+,11-/m0/s1. The molecule has 1 fully saturated rings. The number of carbonyl (C=O) groups is 2. The molecule has 16 heavy (non-hydrogen) atoms. The van der Waals surface area contributed by atoms with Crippen molar-refractivity contribution in [1.29, 1.82) is 0 Å². The van der Waals surface area contributed by atoms with Gasteiger partial charge in [0.25, 0.3) is 0 Å². The van der Waals surface area contributed by atoms with Gasteiger partial charge in [0.15, 0.2) is 5.78 Å². The van der Waals surface area contributed by atoms with Gasteiger partial charge in [-0.25, -0.2) is 0 Å². The Bertz CT molecular complexity index is 343. The van der Waals surface area contributed by atoms with E-state index < -0.39 is 0 Å². The van der Waals surface area contributed by atoms with E-state index in [9.17, 15) is 9.59 Å². The SMILES string of the molecule is C=CCCC(=O)OC[C@@H]1C[C@@H]2C(=O)C=C[C@H]12.